The highest BCUT2D eigenvalue weighted by atomic mass is 79.9. The van der Waals surface area contributed by atoms with E-state index in [-0.39, 0.29) is 13.2 Å². The first-order valence-electron chi connectivity index (χ1n) is 3.06. The molecule has 0 radical (unpaired) electrons. The molecular weight excluding hydrogens is 223 g/mol. The van der Waals surface area contributed by atoms with Crippen molar-refractivity contribution in [3.05, 3.63) is 33.5 Å². The molecule has 0 aromatic heterocycles. The van der Waals surface area contributed by atoms with Crippen LogP contribution in [-0.4, -0.2) is 6.29 Å². The monoisotopic (exact) mass is 232 g/mol. The molecule has 0 N–H and O–H groups in total. The van der Waals surface area contributed by atoms with Crippen molar-refractivity contribution in [3.8, 4) is 0 Å². The molecule has 0 fully saturated rings. The topological polar surface area (TPSA) is 17.1 Å². The lowest BCUT2D eigenvalue weighted by Crippen LogP contribution is -1.88. The van der Waals surface area contributed by atoms with Gasteiger partial charge in [0.2, 0.25) is 0 Å². The Bertz CT molecular complexity index is 297. The third-order valence-electron chi connectivity index (χ3n) is 1.37. The van der Waals surface area contributed by atoms with Gasteiger partial charge in [0.15, 0.2) is 6.29 Å². The Morgan fingerprint density at radius 3 is 2.58 bits per heavy atom. The fraction of sp³-hybridized carbons (Fsp3) is 0.222. The molecule has 66 valence electrons. The van der Waals surface area contributed by atoms with Crippen LogP contribution in [-0.2, 0) is 0 Å². The molecule has 0 aliphatic heterocycles. The average molecular weight is 233 g/mol. The van der Waals surface area contributed by atoms with Crippen molar-refractivity contribution in [1.29, 1.82) is 0 Å². The number of halogens is 2. The SMILES string of the molecule is C.Cc1cc(F)cc(C=O)c1Br. The molecule has 12 heavy (non-hydrogen) atoms. The molecule has 0 amide bonds. The fourth-order valence-electron chi connectivity index (χ4n) is 0.837. The summed E-state index contributed by atoms with van der Waals surface area (Å²) in [4.78, 5) is 10.3. The molecule has 0 atom stereocenters. The van der Waals surface area contributed by atoms with Crippen molar-refractivity contribution in [2.75, 3.05) is 0 Å². The van der Waals surface area contributed by atoms with Crippen LogP contribution in [0.1, 0.15) is 23.3 Å². The zero-order valence-corrected chi connectivity index (χ0v) is 7.48. The molecule has 1 aromatic carbocycles. The summed E-state index contributed by atoms with van der Waals surface area (Å²) >= 11 is 3.18. The van der Waals surface area contributed by atoms with Gasteiger partial charge in [0.25, 0.3) is 0 Å². The summed E-state index contributed by atoms with van der Waals surface area (Å²) in [6.45, 7) is 1.74. The Kier molecular flexibility index (Phi) is 4.10. The second-order valence-corrected chi connectivity index (χ2v) is 3.04. The summed E-state index contributed by atoms with van der Waals surface area (Å²) in [7, 11) is 0. The van der Waals surface area contributed by atoms with E-state index in [1.807, 2.05) is 0 Å². The number of hydrogen-bond acceptors (Lipinski definition) is 1. The molecule has 3 heteroatoms. The lowest BCUT2D eigenvalue weighted by atomic mass is 10.1. The minimum Gasteiger partial charge on any atom is -0.298 e. The minimum absolute atomic E-state index is 0. The van der Waals surface area contributed by atoms with Gasteiger partial charge in [-0.05, 0) is 40.5 Å². The Labute approximate surface area is 79.7 Å². The van der Waals surface area contributed by atoms with Gasteiger partial charge in [-0.3, -0.25) is 4.79 Å². The zero-order chi connectivity index (χ0) is 8.43. The summed E-state index contributed by atoms with van der Waals surface area (Å²) < 4.78 is 13.3. The Morgan fingerprint density at radius 2 is 2.08 bits per heavy atom. The van der Waals surface area contributed by atoms with Gasteiger partial charge < -0.3 is 0 Å². The number of aldehydes is 1. The third kappa shape index (κ3) is 2.14. The molecule has 0 bridgehead atoms. The van der Waals surface area contributed by atoms with E-state index >= 15 is 0 Å². The maximum Gasteiger partial charge on any atom is 0.151 e. The summed E-state index contributed by atoms with van der Waals surface area (Å²) in [5, 5.41) is 0. The number of carbonyl (C=O) groups is 1. The zero-order valence-electron chi connectivity index (χ0n) is 5.90. The first kappa shape index (κ1) is 11.3. The molecular formula is C9H10BrFO. The van der Waals surface area contributed by atoms with Crippen molar-refractivity contribution >= 4 is 22.2 Å². The quantitative estimate of drug-likeness (QED) is 0.680. The molecule has 0 unspecified atom stereocenters. The Morgan fingerprint density at radius 1 is 1.50 bits per heavy atom. The predicted molar refractivity (Wildman–Crippen MR) is 51.0 cm³/mol. The Hall–Kier alpha value is -0.700. The van der Waals surface area contributed by atoms with Crippen LogP contribution in [0.25, 0.3) is 0 Å². The third-order valence-corrected chi connectivity index (χ3v) is 2.46. The normalized spacial score (nSPS) is 8.92. The lowest BCUT2D eigenvalue weighted by molar-refractivity contribution is 0.112. The van der Waals surface area contributed by atoms with Gasteiger partial charge in [-0.15, -0.1) is 0 Å². The van der Waals surface area contributed by atoms with E-state index in [1.165, 1.54) is 12.1 Å². The molecule has 0 saturated carbocycles. The fourth-order valence-corrected chi connectivity index (χ4v) is 1.16. The number of rotatable bonds is 1. The van der Waals surface area contributed by atoms with Crippen LogP contribution in [0.5, 0.6) is 0 Å². The van der Waals surface area contributed by atoms with E-state index in [0.717, 1.165) is 5.56 Å². The van der Waals surface area contributed by atoms with Crippen molar-refractivity contribution in [2.45, 2.75) is 14.4 Å². The largest absolute Gasteiger partial charge is 0.298 e. The van der Waals surface area contributed by atoms with Crippen LogP contribution in [0.3, 0.4) is 0 Å². The molecule has 0 spiro atoms. The van der Waals surface area contributed by atoms with Gasteiger partial charge in [-0.2, -0.15) is 0 Å². The summed E-state index contributed by atoms with van der Waals surface area (Å²) in [6, 6.07) is 2.57. The molecule has 0 heterocycles. The molecule has 1 rings (SSSR count). The van der Waals surface area contributed by atoms with E-state index in [2.05, 4.69) is 15.9 Å². The lowest BCUT2D eigenvalue weighted by Gasteiger charge is -2.00. The van der Waals surface area contributed by atoms with Crippen LogP contribution in [0, 0.1) is 12.7 Å². The van der Waals surface area contributed by atoms with Crippen LogP contribution in [0.2, 0.25) is 0 Å². The van der Waals surface area contributed by atoms with Gasteiger partial charge in [-0.25, -0.2) is 4.39 Å². The van der Waals surface area contributed by atoms with Gasteiger partial charge in [-0.1, -0.05) is 7.43 Å². The van der Waals surface area contributed by atoms with Crippen LogP contribution in [0.15, 0.2) is 16.6 Å². The van der Waals surface area contributed by atoms with E-state index in [1.54, 1.807) is 6.92 Å². The van der Waals surface area contributed by atoms with E-state index < -0.39 is 0 Å². The van der Waals surface area contributed by atoms with Gasteiger partial charge >= 0.3 is 0 Å². The molecule has 0 saturated heterocycles. The first-order valence-corrected chi connectivity index (χ1v) is 3.85. The van der Waals surface area contributed by atoms with Crippen LogP contribution < -0.4 is 0 Å². The van der Waals surface area contributed by atoms with E-state index in [9.17, 15) is 9.18 Å². The second-order valence-electron chi connectivity index (χ2n) is 2.24. The smallest absolute Gasteiger partial charge is 0.151 e. The highest BCUT2D eigenvalue weighted by Gasteiger charge is 2.03. The maximum absolute atomic E-state index is 12.6. The number of hydrogen-bond donors (Lipinski definition) is 0. The number of carbonyl (C=O) groups excluding carboxylic acids is 1. The van der Waals surface area contributed by atoms with Crippen molar-refractivity contribution < 1.29 is 9.18 Å². The van der Waals surface area contributed by atoms with E-state index in [4.69, 9.17) is 0 Å². The van der Waals surface area contributed by atoms with Gasteiger partial charge in [0, 0.05) is 10.0 Å². The molecule has 1 nitrogen and oxygen atoms in total. The number of benzene rings is 1. The van der Waals surface area contributed by atoms with Gasteiger partial charge in [0.05, 0.1) is 0 Å². The van der Waals surface area contributed by atoms with Crippen LogP contribution >= 0.6 is 15.9 Å². The molecule has 1 aromatic rings. The second kappa shape index (κ2) is 4.36. The molecule has 0 aliphatic carbocycles. The maximum atomic E-state index is 12.6. The summed E-state index contributed by atoms with van der Waals surface area (Å²) in [5.74, 6) is -0.382. The van der Waals surface area contributed by atoms with Crippen molar-refractivity contribution in [3.63, 3.8) is 0 Å². The number of aryl methyl sites for hydroxylation is 1. The minimum atomic E-state index is -0.382. The van der Waals surface area contributed by atoms with Gasteiger partial charge in [0.1, 0.15) is 5.82 Å². The summed E-state index contributed by atoms with van der Waals surface area (Å²) in [5.41, 5.74) is 1.08. The van der Waals surface area contributed by atoms with E-state index in [0.29, 0.717) is 16.3 Å². The standard InChI is InChI=1S/C8H6BrFO.CH4/c1-5-2-7(10)3-6(4-11)8(5)9;/h2-4H,1H3;1H4. The highest BCUT2D eigenvalue weighted by molar-refractivity contribution is 9.10. The average Bonchev–Trinajstić information content (AvgIpc) is 1.96. The Balaban J connectivity index is 0.00000121. The van der Waals surface area contributed by atoms with Crippen molar-refractivity contribution in [1.82, 2.24) is 0 Å². The predicted octanol–water partition coefficient (Wildman–Crippen LogP) is 3.35. The first-order chi connectivity index (χ1) is 5.15. The highest BCUT2D eigenvalue weighted by Crippen LogP contribution is 2.20. The van der Waals surface area contributed by atoms with Crippen LogP contribution in [0.4, 0.5) is 4.39 Å². The molecule has 0 aliphatic rings. The van der Waals surface area contributed by atoms with Crippen molar-refractivity contribution in [2.24, 2.45) is 0 Å². The summed E-state index contributed by atoms with van der Waals surface area (Å²) in [6.07, 6.45) is 0.625.